The molecule has 10 heteroatoms. The number of piperazine rings is 1. The van der Waals surface area contributed by atoms with E-state index >= 15 is 0 Å². The van der Waals surface area contributed by atoms with Gasteiger partial charge >= 0.3 is 0 Å². The number of likely N-dealkylation sites (N-methyl/N-ethyl adjacent to an activating group) is 1. The molecule has 1 saturated heterocycles. The predicted molar refractivity (Wildman–Crippen MR) is 182 cm³/mol. The van der Waals surface area contributed by atoms with Gasteiger partial charge in [0, 0.05) is 59.9 Å². The number of hydrogen-bond acceptors (Lipinski definition) is 6. The first-order chi connectivity index (χ1) is 21.9. The molecule has 0 aliphatic carbocycles. The molecule has 1 aliphatic heterocycles. The largest absolute Gasteiger partial charge is 0.361 e. The number of halogens is 2. The van der Waals surface area contributed by atoms with Crippen molar-refractivity contribution in [3.8, 4) is 28.1 Å². The van der Waals surface area contributed by atoms with Crippen molar-refractivity contribution in [2.24, 2.45) is 5.90 Å². The molecule has 1 fully saturated rings. The lowest BCUT2D eigenvalue weighted by Crippen LogP contribution is -2.50. The van der Waals surface area contributed by atoms with E-state index in [1.54, 1.807) is 6.07 Å². The maximum absolute atomic E-state index is 12.4. The smallest absolute Gasteiger partial charge is 0.242 e. The zero-order chi connectivity index (χ0) is 31.3. The van der Waals surface area contributed by atoms with Crippen LogP contribution in [-0.4, -0.2) is 53.3 Å². The van der Waals surface area contributed by atoms with Crippen molar-refractivity contribution in [1.29, 1.82) is 0 Å². The molecule has 3 N–H and O–H groups in total. The second-order valence-corrected chi connectivity index (χ2v) is 11.7. The highest BCUT2D eigenvalue weighted by Gasteiger charge is 2.22. The van der Waals surface area contributed by atoms with Crippen LogP contribution < -0.4 is 16.1 Å². The summed E-state index contributed by atoms with van der Waals surface area (Å²) >= 11 is 12.7. The minimum atomic E-state index is 0.180. The number of benzene rings is 4. The summed E-state index contributed by atoms with van der Waals surface area (Å²) in [7, 11) is 0. The fraction of sp³-hybridized carbons (Fsp3) is 0.200. The van der Waals surface area contributed by atoms with Crippen molar-refractivity contribution in [1.82, 2.24) is 14.5 Å². The number of nitrogens with two attached hydrogens (primary N) is 1. The number of aromatic nitrogens is 2. The van der Waals surface area contributed by atoms with Crippen molar-refractivity contribution in [2.75, 3.05) is 43.1 Å². The van der Waals surface area contributed by atoms with Crippen LogP contribution >= 0.6 is 23.2 Å². The quantitative estimate of drug-likeness (QED) is 0.126. The van der Waals surface area contributed by atoms with Crippen LogP contribution in [-0.2, 0) is 16.1 Å². The van der Waals surface area contributed by atoms with Gasteiger partial charge in [0.15, 0.2) is 0 Å². The zero-order valence-electron chi connectivity index (χ0n) is 24.9. The maximum Gasteiger partial charge on any atom is 0.242 e. The fourth-order valence-corrected chi connectivity index (χ4v) is 6.09. The van der Waals surface area contributed by atoms with Crippen LogP contribution in [0.4, 0.5) is 11.4 Å². The number of hydrogen-bond donors (Lipinski definition) is 2. The number of carbonyl (C=O) groups is 1. The van der Waals surface area contributed by atoms with Gasteiger partial charge in [-0.15, -0.1) is 0 Å². The Kier molecular flexibility index (Phi) is 9.37. The van der Waals surface area contributed by atoms with Crippen molar-refractivity contribution < 1.29 is 9.63 Å². The summed E-state index contributed by atoms with van der Waals surface area (Å²) in [5.74, 6) is 6.20. The van der Waals surface area contributed by atoms with E-state index in [2.05, 4.69) is 68.2 Å². The molecule has 6 rings (SSSR count). The summed E-state index contributed by atoms with van der Waals surface area (Å²) in [4.78, 5) is 26.1. The van der Waals surface area contributed by atoms with Gasteiger partial charge in [0.25, 0.3) is 0 Å². The second kappa shape index (κ2) is 13.7. The highest BCUT2D eigenvalue weighted by molar-refractivity contribution is 6.36. The Labute approximate surface area is 272 Å². The highest BCUT2D eigenvalue weighted by Crippen LogP contribution is 2.32. The van der Waals surface area contributed by atoms with E-state index in [1.807, 2.05) is 54.4 Å². The number of carbonyl (C=O) groups excluding carboxylic acids is 1. The zero-order valence-corrected chi connectivity index (χ0v) is 26.4. The molecule has 0 unspecified atom stereocenters. The van der Waals surface area contributed by atoms with Crippen molar-refractivity contribution in [2.45, 2.75) is 13.3 Å². The average Bonchev–Trinajstić information content (AvgIpc) is 3.47. The Bertz CT molecular complexity index is 1770. The third-order valence-corrected chi connectivity index (χ3v) is 8.62. The third kappa shape index (κ3) is 7.00. The molecule has 45 heavy (non-hydrogen) atoms. The normalized spacial score (nSPS) is 13.4. The molecule has 2 heterocycles. The molecule has 0 spiro atoms. The first-order valence-corrected chi connectivity index (χ1v) is 15.6. The van der Waals surface area contributed by atoms with Crippen LogP contribution in [0.2, 0.25) is 10.0 Å². The van der Waals surface area contributed by atoms with Gasteiger partial charge in [0.05, 0.1) is 17.3 Å². The predicted octanol–water partition coefficient (Wildman–Crippen LogP) is 7.03. The Morgan fingerprint density at radius 1 is 0.889 bits per heavy atom. The molecule has 0 atom stereocenters. The highest BCUT2D eigenvalue weighted by atomic mass is 35.5. The van der Waals surface area contributed by atoms with Crippen LogP contribution in [0.15, 0.2) is 97.2 Å². The number of amides is 1. The van der Waals surface area contributed by atoms with Crippen molar-refractivity contribution in [3.63, 3.8) is 0 Å². The molecule has 0 saturated carbocycles. The molecule has 1 aromatic heterocycles. The molecule has 1 aliphatic rings. The van der Waals surface area contributed by atoms with Gasteiger partial charge in [0.2, 0.25) is 5.91 Å². The molecule has 5 aromatic rings. The average molecular weight is 642 g/mol. The SMILES string of the molecule is CCN1CCN(c2ccc(-c3ccc(Cc4nc(-c5ccc(Cl)cc5Cl)cn4-c4ccc(NCON)cc4)cc3)cc2)CC1=O. The molecular weight excluding hydrogens is 607 g/mol. The van der Waals surface area contributed by atoms with E-state index in [-0.39, 0.29) is 12.6 Å². The van der Waals surface area contributed by atoms with E-state index < -0.39 is 0 Å². The lowest BCUT2D eigenvalue weighted by atomic mass is 10.0. The number of anilines is 2. The molecule has 230 valence electrons. The van der Waals surface area contributed by atoms with Crippen LogP contribution in [0, 0.1) is 0 Å². The fourth-order valence-electron chi connectivity index (χ4n) is 5.58. The van der Waals surface area contributed by atoms with Gasteiger partial charge in [0.1, 0.15) is 12.6 Å². The van der Waals surface area contributed by atoms with E-state index in [0.717, 1.165) is 70.5 Å². The summed E-state index contributed by atoms with van der Waals surface area (Å²) in [6.07, 6.45) is 2.62. The first kappa shape index (κ1) is 30.7. The Morgan fingerprint density at radius 2 is 1.58 bits per heavy atom. The summed E-state index contributed by atoms with van der Waals surface area (Å²) in [6, 6.07) is 30.4. The van der Waals surface area contributed by atoms with E-state index in [1.165, 1.54) is 0 Å². The van der Waals surface area contributed by atoms with Gasteiger partial charge in [-0.2, -0.15) is 0 Å². The molecule has 4 aromatic carbocycles. The van der Waals surface area contributed by atoms with Crippen LogP contribution in [0.1, 0.15) is 18.3 Å². The number of nitrogens with one attached hydrogen (secondary N) is 1. The summed E-state index contributed by atoms with van der Waals surface area (Å²) in [6.45, 7) is 5.03. The van der Waals surface area contributed by atoms with Crippen molar-refractivity contribution >= 4 is 40.5 Å². The van der Waals surface area contributed by atoms with Crippen LogP contribution in [0.5, 0.6) is 0 Å². The molecular formula is C35H34Cl2N6O2. The topological polar surface area (TPSA) is 88.7 Å². The maximum atomic E-state index is 12.4. The summed E-state index contributed by atoms with van der Waals surface area (Å²) in [5.41, 5.74) is 7.87. The van der Waals surface area contributed by atoms with E-state index in [0.29, 0.717) is 23.0 Å². The van der Waals surface area contributed by atoms with Crippen LogP contribution in [0.3, 0.4) is 0 Å². The summed E-state index contributed by atoms with van der Waals surface area (Å²) in [5, 5.41) is 4.22. The van der Waals surface area contributed by atoms with E-state index in [4.69, 9.17) is 34.1 Å². The van der Waals surface area contributed by atoms with Gasteiger partial charge in [-0.3, -0.25) is 9.63 Å². The standard InChI is InChI=1S/C35H34Cl2N6O2/c1-2-41-17-18-42(22-35(41)44)29-12-7-26(8-13-29)25-5-3-24(4-6-25)19-34-40-33(31-16-9-27(36)20-32(31)37)21-43(34)30-14-10-28(11-15-30)39-23-45-38/h3-16,20-21,39H,2,17-19,22-23,38H2,1H3. The minimum Gasteiger partial charge on any atom is -0.361 e. The number of nitrogens with zero attached hydrogens (tertiary/aromatic N) is 4. The Balaban J connectivity index is 1.23. The van der Waals surface area contributed by atoms with Crippen molar-refractivity contribution in [3.05, 3.63) is 119 Å². The third-order valence-electron chi connectivity index (χ3n) is 8.07. The Hall–Kier alpha value is -4.34. The molecule has 0 bridgehead atoms. The van der Waals surface area contributed by atoms with Crippen LogP contribution in [0.25, 0.3) is 28.1 Å². The first-order valence-electron chi connectivity index (χ1n) is 14.8. The van der Waals surface area contributed by atoms with Gasteiger partial charge in [-0.1, -0.05) is 59.6 Å². The van der Waals surface area contributed by atoms with Gasteiger partial charge in [-0.05, 0) is 78.2 Å². The summed E-state index contributed by atoms with van der Waals surface area (Å²) < 4.78 is 2.08. The lowest BCUT2D eigenvalue weighted by Gasteiger charge is -2.35. The van der Waals surface area contributed by atoms with Gasteiger partial charge in [-0.25, -0.2) is 10.9 Å². The number of imidazole rings is 1. The lowest BCUT2D eigenvalue weighted by molar-refractivity contribution is -0.130. The monoisotopic (exact) mass is 640 g/mol. The number of rotatable bonds is 10. The minimum absolute atomic E-state index is 0.180. The molecule has 1 amide bonds. The second-order valence-electron chi connectivity index (χ2n) is 10.9. The van der Waals surface area contributed by atoms with E-state index in [9.17, 15) is 4.79 Å². The molecule has 8 nitrogen and oxygen atoms in total. The Morgan fingerprint density at radius 3 is 2.22 bits per heavy atom. The van der Waals surface area contributed by atoms with Gasteiger partial charge < -0.3 is 19.7 Å². The molecule has 0 radical (unpaired) electrons.